The fraction of sp³-hybridized carbons (Fsp3) is 0.176. The van der Waals surface area contributed by atoms with E-state index in [0.717, 1.165) is 10.2 Å². The summed E-state index contributed by atoms with van der Waals surface area (Å²) in [7, 11) is 1.63. The van der Waals surface area contributed by atoms with Crippen LogP contribution in [0.3, 0.4) is 0 Å². The molecule has 6 heteroatoms. The minimum absolute atomic E-state index is 0.237. The van der Waals surface area contributed by atoms with E-state index in [1.54, 1.807) is 13.2 Å². The van der Waals surface area contributed by atoms with Crippen LogP contribution in [0.1, 0.15) is 10.4 Å². The van der Waals surface area contributed by atoms with Crippen molar-refractivity contribution < 1.29 is 13.9 Å². The number of amides is 1. The van der Waals surface area contributed by atoms with Crippen LogP contribution in [0.2, 0.25) is 0 Å². The van der Waals surface area contributed by atoms with Crippen molar-refractivity contribution in [2.75, 3.05) is 13.7 Å². The average molecular weight is 330 g/mol. The van der Waals surface area contributed by atoms with Crippen LogP contribution in [-0.4, -0.2) is 24.2 Å². The Balaban J connectivity index is 2.08. The van der Waals surface area contributed by atoms with Crippen LogP contribution < -0.4 is 4.80 Å². The number of rotatable bonds is 4. The Morgan fingerprint density at radius 1 is 1.26 bits per heavy atom. The highest BCUT2D eigenvalue weighted by Gasteiger charge is 2.09. The molecule has 118 valence electrons. The first-order valence-corrected chi connectivity index (χ1v) is 7.92. The molecule has 0 aliphatic rings. The number of fused-ring (bicyclic) bond motifs is 1. The van der Waals surface area contributed by atoms with Crippen molar-refractivity contribution in [3.8, 4) is 0 Å². The van der Waals surface area contributed by atoms with Gasteiger partial charge >= 0.3 is 0 Å². The van der Waals surface area contributed by atoms with Gasteiger partial charge in [-0.05, 0) is 30.3 Å². The molecular weight excluding hydrogens is 315 g/mol. The molecule has 0 aliphatic heterocycles. The van der Waals surface area contributed by atoms with Gasteiger partial charge in [0.05, 0.1) is 16.8 Å². The molecule has 0 N–H and O–H groups in total. The molecule has 0 aliphatic carbocycles. The SMILES string of the molecule is COCCn1c(=NC(=O)c2cccc(F)c2)sc2ccccc21. The summed E-state index contributed by atoms with van der Waals surface area (Å²) in [5, 5.41) is 0. The standard InChI is InChI=1S/C17H15FN2O2S/c1-22-10-9-20-14-7-2-3-8-15(14)23-17(20)19-16(21)12-5-4-6-13(18)11-12/h2-8,11H,9-10H2,1H3. The van der Waals surface area contributed by atoms with Crippen LogP contribution in [0.4, 0.5) is 4.39 Å². The number of methoxy groups -OCH3 is 1. The van der Waals surface area contributed by atoms with E-state index in [1.807, 2.05) is 28.8 Å². The molecule has 23 heavy (non-hydrogen) atoms. The first kappa shape index (κ1) is 15.6. The number of carbonyl (C=O) groups is 1. The Bertz CT molecular complexity index is 914. The predicted molar refractivity (Wildman–Crippen MR) is 88.0 cm³/mol. The summed E-state index contributed by atoms with van der Waals surface area (Å²) in [6.07, 6.45) is 0. The Morgan fingerprint density at radius 2 is 2.09 bits per heavy atom. The monoisotopic (exact) mass is 330 g/mol. The zero-order valence-corrected chi connectivity index (χ0v) is 13.3. The molecule has 3 aromatic rings. The molecule has 4 nitrogen and oxygen atoms in total. The molecule has 0 saturated heterocycles. The third-order valence-corrected chi connectivity index (χ3v) is 4.44. The lowest BCUT2D eigenvalue weighted by atomic mass is 10.2. The summed E-state index contributed by atoms with van der Waals surface area (Å²) >= 11 is 1.43. The van der Waals surface area contributed by atoms with Gasteiger partial charge in [-0.3, -0.25) is 4.79 Å². The molecule has 0 unspecified atom stereocenters. The van der Waals surface area contributed by atoms with E-state index in [1.165, 1.54) is 29.5 Å². The van der Waals surface area contributed by atoms with Crippen molar-refractivity contribution in [3.63, 3.8) is 0 Å². The number of nitrogens with zero attached hydrogens (tertiary/aromatic N) is 2. The van der Waals surface area contributed by atoms with E-state index in [0.29, 0.717) is 18.0 Å². The van der Waals surface area contributed by atoms with Gasteiger partial charge in [-0.15, -0.1) is 0 Å². The largest absolute Gasteiger partial charge is 0.383 e. The highest BCUT2D eigenvalue weighted by Crippen LogP contribution is 2.17. The van der Waals surface area contributed by atoms with Gasteiger partial charge in [-0.2, -0.15) is 4.99 Å². The molecule has 0 bridgehead atoms. The van der Waals surface area contributed by atoms with Crippen molar-refractivity contribution in [2.24, 2.45) is 4.99 Å². The molecule has 3 rings (SSSR count). The van der Waals surface area contributed by atoms with E-state index in [4.69, 9.17) is 4.74 Å². The number of carbonyl (C=O) groups excluding carboxylic acids is 1. The van der Waals surface area contributed by atoms with Crippen LogP contribution in [0.25, 0.3) is 10.2 Å². The third kappa shape index (κ3) is 3.38. The lowest BCUT2D eigenvalue weighted by molar-refractivity contribution is 0.0997. The van der Waals surface area contributed by atoms with E-state index >= 15 is 0 Å². The van der Waals surface area contributed by atoms with E-state index in [2.05, 4.69) is 4.99 Å². The number of thiazole rings is 1. The molecule has 0 fully saturated rings. The Hall–Kier alpha value is -2.31. The summed E-state index contributed by atoms with van der Waals surface area (Å²) in [5.74, 6) is -0.906. The molecule has 0 radical (unpaired) electrons. The topological polar surface area (TPSA) is 43.6 Å². The molecule has 0 atom stereocenters. The lowest BCUT2D eigenvalue weighted by Crippen LogP contribution is -2.19. The minimum Gasteiger partial charge on any atom is -0.383 e. The maximum atomic E-state index is 13.3. The van der Waals surface area contributed by atoms with E-state index in [9.17, 15) is 9.18 Å². The fourth-order valence-corrected chi connectivity index (χ4v) is 3.33. The molecule has 1 amide bonds. The molecule has 0 saturated carbocycles. The van der Waals surface area contributed by atoms with Gasteiger partial charge in [0, 0.05) is 19.2 Å². The second kappa shape index (κ2) is 6.85. The summed E-state index contributed by atoms with van der Waals surface area (Å²) in [6.45, 7) is 1.11. The third-order valence-electron chi connectivity index (χ3n) is 3.38. The zero-order valence-electron chi connectivity index (χ0n) is 12.5. The minimum atomic E-state index is -0.456. The Kier molecular flexibility index (Phi) is 4.64. The average Bonchev–Trinajstić information content (AvgIpc) is 2.90. The fourth-order valence-electron chi connectivity index (χ4n) is 2.28. The predicted octanol–water partition coefficient (Wildman–Crippen LogP) is 3.23. The van der Waals surface area contributed by atoms with Crippen molar-refractivity contribution in [1.82, 2.24) is 4.57 Å². The maximum Gasteiger partial charge on any atom is 0.279 e. The maximum absolute atomic E-state index is 13.3. The van der Waals surface area contributed by atoms with E-state index < -0.39 is 11.7 Å². The molecule has 1 heterocycles. The summed E-state index contributed by atoms with van der Waals surface area (Å²) in [4.78, 5) is 17.1. The van der Waals surface area contributed by atoms with Crippen molar-refractivity contribution in [2.45, 2.75) is 6.54 Å². The number of para-hydroxylation sites is 1. The van der Waals surface area contributed by atoms with Crippen LogP contribution in [-0.2, 0) is 11.3 Å². The van der Waals surface area contributed by atoms with Crippen molar-refractivity contribution in [3.05, 3.63) is 64.7 Å². The summed E-state index contributed by atoms with van der Waals surface area (Å²) < 4.78 is 21.4. The Labute approximate surface area is 136 Å². The second-order valence-electron chi connectivity index (χ2n) is 4.92. The zero-order chi connectivity index (χ0) is 16.2. The lowest BCUT2D eigenvalue weighted by Gasteiger charge is -2.03. The number of aromatic nitrogens is 1. The molecule has 0 spiro atoms. The summed E-state index contributed by atoms with van der Waals surface area (Å²) in [6, 6.07) is 13.4. The van der Waals surface area contributed by atoms with Gasteiger partial charge in [0.1, 0.15) is 5.82 Å². The van der Waals surface area contributed by atoms with Gasteiger partial charge in [-0.1, -0.05) is 29.5 Å². The highest BCUT2D eigenvalue weighted by molar-refractivity contribution is 7.16. The molecule has 1 aromatic heterocycles. The van der Waals surface area contributed by atoms with Crippen molar-refractivity contribution >= 4 is 27.5 Å². The highest BCUT2D eigenvalue weighted by atomic mass is 32.1. The quantitative estimate of drug-likeness (QED) is 0.737. The second-order valence-corrected chi connectivity index (χ2v) is 5.93. The van der Waals surface area contributed by atoms with Gasteiger partial charge < -0.3 is 9.30 Å². The van der Waals surface area contributed by atoms with Crippen LogP contribution >= 0.6 is 11.3 Å². The number of hydrogen-bond acceptors (Lipinski definition) is 3. The number of benzene rings is 2. The number of ether oxygens (including phenoxy) is 1. The van der Waals surface area contributed by atoms with Gasteiger partial charge in [-0.25, -0.2) is 4.39 Å². The van der Waals surface area contributed by atoms with Gasteiger partial charge in [0.25, 0.3) is 5.91 Å². The molecule has 2 aromatic carbocycles. The smallest absolute Gasteiger partial charge is 0.279 e. The van der Waals surface area contributed by atoms with Gasteiger partial charge in [0.15, 0.2) is 4.80 Å². The Morgan fingerprint density at radius 3 is 2.87 bits per heavy atom. The number of hydrogen-bond donors (Lipinski definition) is 0. The first-order chi connectivity index (χ1) is 11.2. The van der Waals surface area contributed by atoms with Crippen LogP contribution in [0.5, 0.6) is 0 Å². The van der Waals surface area contributed by atoms with Gasteiger partial charge in [0.2, 0.25) is 0 Å². The van der Waals surface area contributed by atoms with E-state index in [-0.39, 0.29) is 5.56 Å². The summed E-state index contributed by atoms with van der Waals surface area (Å²) in [5.41, 5.74) is 1.24. The number of halogens is 1. The molecular formula is C17H15FN2O2S. The van der Waals surface area contributed by atoms with Crippen LogP contribution in [0, 0.1) is 5.82 Å². The van der Waals surface area contributed by atoms with Crippen LogP contribution in [0.15, 0.2) is 53.5 Å². The van der Waals surface area contributed by atoms with Crippen molar-refractivity contribution in [1.29, 1.82) is 0 Å². The first-order valence-electron chi connectivity index (χ1n) is 7.11. The normalized spacial score (nSPS) is 12.0.